The maximum absolute atomic E-state index is 12.2. The van der Waals surface area contributed by atoms with Crippen molar-refractivity contribution in [2.24, 2.45) is 0 Å². The van der Waals surface area contributed by atoms with E-state index in [-0.39, 0.29) is 11.4 Å². The summed E-state index contributed by atoms with van der Waals surface area (Å²) in [6, 6.07) is 10.2. The molecule has 1 fully saturated rings. The maximum atomic E-state index is 12.2. The molecule has 114 valence electrons. The molecule has 0 bridgehead atoms. The van der Waals surface area contributed by atoms with Gasteiger partial charge in [-0.3, -0.25) is 0 Å². The summed E-state index contributed by atoms with van der Waals surface area (Å²) in [7, 11) is 1.66. The Morgan fingerprint density at radius 2 is 1.91 bits per heavy atom. The summed E-state index contributed by atoms with van der Waals surface area (Å²) < 4.78 is 10.7. The van der Waals surface area contributed by atoms with Crippen LogP contribution in [0.15, 0.2) is 45.6 Å². The summed E-state index contributed by atoms with van der Waals surface area (Å²) in [6.07, 6.45) is 1.89. The highest BCUT2D eigenvalue weighted by Gasteiger charge is 2.41. The number of ether oxygens (including phenoxy) is 1. The van der Waals surface area contributed by atoms with Gasteiger partial charge in [-0.1, -0.05) is 17.9 Å². The number of fused-ring (bicyclic) bond motifs is 3. The summed E-state index contributed by atoms with van der Waals surface area (Å²) in [5.41, 5.74) is 0.388. The fraction of sp³-hybridized carbons (Fsp3) is 0.211. The molecule has 0 spiro atoms. The predicted molar refractivity (Wildman–Crippen MR) is 87.5 cm³/mol. The van der Waals surface area contributed by atoms with Gasteiger partial charge in [-0.2, -0.15) is 0 Å². The van der Waals surface area contributed by atoms with Crippen molar-refractivity contribution in [3.63, 3.8) is 0 Å². The first-order valence-corrected chi connectivity index (χ1v) is 7.38. The van der Waals surface area contributed by atoms with Gasteiger partial charge >= 0.3 is 5.63 Å². The summed E-state index contributed by atoms with van der Waals surface area (Å²) in [6.45, 7) is 0. The Balaban J connectivity index is 1.89. The normalized spacial score (nSPS) is 15.3. The van der Waals surface area contributed by atoms with Gasteiger partial charge in [-0.05, 0) is 37.1 Å². The Labute approximate surface area is 132 Å². The average molecular weight is 306 g/mol. The Bertz CT molecular complexity index is 1050. The van der Waals surface area contributed by atoms with Crippen LogP contribution in [-0.2, 0) is 4.74 Å². The molecular weight excluding hydrogens is 292 g/mol. The summed E-state index contributed by atoms with van der Waals surface area (Å²) >= 11 is 0. The number of hydrogen-bond acceptors (Lipinski definition) is 4. The van der Waals surface area contributed by atoms with E-state index in [1.54, 1.807) is 25.3 Å². The van der Waals surface area contributed by atoms with E-state index in [9.17, 15) is 9.90 Å². The van der Waals surface area contributed by atoms with Crippen molar-refractivity contribution in [1.82, 2.24) is 0 Å². The van der Waals surface area contributed by atoms with Crippen molar-refractivity contribution < 1.29 is 14.3 Å². The van der Waals surface area contributed by atoms with Crippen LogP contribution in [0.1, 0.15) is 18.4 Å². The smallest absolute Gasteiger partial charge is 0.344 e. The Hall–Kier alpha value is -2.77. The molecule has 0 atom stereocenters. The molecule has 0 radical (unpaired) electrons. The van der Waals surface area contributed by atoms with Crippen molar-refractivity contribution in [1.29, 1.82) is 0 Å². The number of rotatable bonds is 1. The minimum atomic E-state index is -0.436. The molecule has 1 N–H and O–H groups in total. The number of aromatic hydroxyl groups is 1. The van der Waals surface area contributed by atoms with Gasteiger partial charge in [0.25, 0.3) is 0 Å². The van der Waals surface area contributed by atoms with Crippen LogP contribution in [0.25, 0.3) is 21.7 Å². The van der Waals surface area contributed by atoms with Crippen molar-refractivity contribution in [3.05, 3.63) is 52.4 Å². The second-order valence-electron chi connectivity index (χ2n) is 5.78. The fourth-order valence-electron chi connectivity index (χ4n) is 2.68. The molecule has 1 aromatic heterocycles. The lowest BCUT2D eigenvalue weighted by atomic mass is 10.0. The second-order valence-corrected chi connectivity index (χ2v) is 5.78. The van der Waals surface area contributed by atoms with Crippen molar-refractivity contribution in [2.75, 3.05) is 7.11 Å². The number of benzene rings is 2. The quantitative estimate of drug-likeness (QED) is 0.426. The van der Waals surface area contributed by atoms with Gasteiger partial charge in [0.05, 0.1) is 5.39 Å². The standard InChI is InChI=1S/C19H14O4/c1-22-19(8-9-19)7-6-12-2-4-14-15-5-3-13(20)11-17(15)23-18(21)16(14)10-12/h2-5,10-11,20H,8-9H2,1H3. The Kier molecular flexibility index (Phi) is 2.93. The first kappa shape index (κ1) is 13.9. The minimum absolute atomic E-state index is 0.0665. The molecule has 0 aliphatic heterocycles. The Morgan fingerprint density at radius 3 is 2.65 bits per heavy atom. The van der Waals surface area contributed by atoms with Crippen molar-refractivity contribution >= 4 is 21.7 Å². The molecule has 1 heterocycles. The van der Waals surface area contributed by atoms with E-state index < -0.39 is 5.63 Å². The van der Waals surface area contributed by atoms with Crippen LogP contribution in [0, 0.1) is 11.8 Å². The lowest BCUT2D eigenvalue weighted by Crippen LogP contribution is -2.06. The third kappa shape index (κ3) is 2.36. The van der Waals surface area contributed by atoms with Gasteiger partial charge in [0.2, 0.25) is 0 Å². The molecule has 4 nitrogen and oxygen atoms in total. The maximum Gasteiger partial charge on any atom is 0.344 e. The highest BCUT2D eigenvalue weighted by Crippen LogP contribution is 2.38. The van der Waals surface area contributed by atoms with E-state index in [1.807, 2.05) is 12.1 Å². The molecule has 2 aromatic carbocycles. The summed E-state index contributed by atoms with van der Waals surface area (Å²) in [4.78, 5) is 12.2. The Morgan fingerprint density at radius 1 is 1.13 bits per heavy atom. The van der Waals surface area contributed by atoms with E-state index in [1.165, 1.54) is 6.07 Å². The van der Waals surface area contributed by atoms with Crippen LogP contribution in [0.5, 0.6) is 5.75 Å². The van der Waals surface area contributed by atoms with Gasteiger partial charge in [0.15, 0.2) is 0 Å². The van der Waals surface area contributed by atoms with Gasteiger partial charge in [-0.15, -0.1) is 0 Å². The zero-order chi connectivity index (χ0) is 16.0. The molecule has 1 saturated carbocycles. The molecule has 23 heavy (non-hydrogen) atoms. The van der Waals surface area contributed by atoms with Crippen molar-refractivity contribution in [2.45, 2.75) is 18.4 Å². The zero-order valence-electron chi connectivity index (χ0n) is 12.6. The number of hydrogen-bond donors (Lipinski definition) is 1. The highest BCUT2D eigenvalue weighted by molar-refractivity contribution is 6.04. The third-order valence-electron chi connectivity index (χ3n) is 4.23. The monoisotopic (exact) mass is 306 g/mol. The van der Waals surface area contributed by atoms with Crippen LogP contribution in [0.4, 0.5) is 0 Å². The van der Waals surface area contributed by atoms with Gasteiger partial charge in [0, 0.05) is 29.5 Å². The molecule has 0 amide bonds. The van der Waals surface area contributed by atoms with Crippen LogP contribution < -0.4 is 5.63 Å². The lowest BCUT2D eigenvalue weighted by molar-refractivity contribution is 0.129. The molecule has 1 aliphatic rings. The largest absolute Gasteiger partial charge is 0.508 e. The summed E-state index contributed by atoms with van der Waals surface area (Å²) in [5.74, 6) is 6.27. The molecule has 1 aliphatic carbocycles. The van der Waals surface area contributed by atoms with Crippen LogP contribution in [0.2, 0.25) is 0 Å². The highest BCUT2D eigenvalue weighted by atomic mass is 16.5. The van der Waals surface area contributed by atoms with Crippen LogP contribution in [0.3, 0.4) is 0 Å². The van der Waals surface area contributed by atoms with Crippen LogP contribution in [-0.4, -0.2) is 17.8 Å². The molecule has 0 saturated heterocycles. The lowest BCUT2D eigenvalue weighted by Gasteiger charge is -2.04. The van der Waals surface area contributed by atoms with Gasteiger partial charge in [-0.25, -0.2) is 4.79 Å². The fourth-order valence-corrected chi connectivity index (χ4v) is 2.68. The van der Waals surface area contributed by atoms with E-state index >= 15 is 0 Å². The molecule has 4 heteroatoms. The molecule has 3 aromatic rings. The minimum Gasteiger partial charge on any atom is -0.508 e. The number of phenolic OH excluding ortho intramolecular Hbond substituents is 1. The van der Waals surface area contributed by atoms with Gasteiger partial charge < -0.3 is 14.3 Å². The van der Waals surface area contributed by atoms with E-state index in [0.29, 0.717) is 11.0 Å². The third-order valence-corrected chi connectivity index (χ3v) is 4.23. The topological polar surface area (TPSA) is 59.7 Å². The first-order chi connectivity index (χ1) is 11.1. The first-order valence-electron chi connectivity index (χ1n) is 7.38. The molecule has 0 unspecified atom stereocenters. The predicted octanol–water partition coefficient (Wildman–Crippen LogP) is 3.18. The SMILES string of the molecule is COC1(C#Cc2ccc3c(c2)c(=O)oc2cc(O)ccc23)CC1. The average Bonchev–Trinajstić information content (AvgIpc) is 3.33. The van der Waals surface area contributed by atoms with Crippen LogP contribution >= 0.6 is 0 Å². The number of methoxy groups -OCH3 is 1. The summed E-state index contributed by atoms with van der Waals surface area (Å²) in [5, 5.41) is 11.6. The van der Waals surface area contributed by atoms with Crippen molar-refractivity contribution in [3.8, 4) is 17.6 Å². The van der Waals surface area contributed by atoms with Gasteiger partial charge in [0.1, 0.15) is 16.9 Å². The second kappa shape index (κ2) is 4.87. The number of phenols is 1. The van der Waals surface area contributed by atoms with E-state index in [4.69, 9.17) is 9.15 Å². The molecular formula is C19H14O4. The zero-order valence-corrected chi connectivity index (χ0v) is 12.6. The van der Waals surface area contributed by atoms with E-state index in [0.717, 1.165) is 29.2 Å². The van der Waals surface area contributed by atoms with E-state index in [2.05, 4.69) is 11.8 Å². The molecule has 4 rings (SSSR count).